The van der Waals surface area contributed by atoms with E-state index in [-0.39, 0.29) is 5.91 Å². The van der Waals surface area contributed by atoms with Crippen LogP contribution in [0.5, 0.6) is 0 Å². The summed E-state index contributed by atoms with van der Waals surface area (Å²) in [7, 11) is 0. The lowest BCUT2D eigenvalue weighted by Crippen LogP contribution is -2.16. The molecule has 0 saturated heterocycles. The van der Waals surface area contributed by atoms with Gasteiger partial charge in [0.15, 0.2) is 4.80 Å². The van der Waals surface area contributed by atoms with E-state index in [1.54, 1.807) is 22.7 Å². The molecule has 0 atom stereocenters. The maximum Gasteiger partial charge on any atom is 0.272 e. The third kappa shape index (κ3) is 3.26. The van der Waals surface area contributed by atoms with Crippen molar-refractivity contribution in [2.24, 2.45) is 4.99 Å². The van der Waals surface area contributed by atoms with Gasteiger partial charge in [-0.25, -0.2) is 0 Å². The highest BCUT2D eigenvalue weighted by Gasteiger charge is 2.05. The average Bonchev–Trinajstić information content (AvgIpc) is 3.14. The Morgan fingerprint density at radius 2 is 2.14 bits per heavy atom. The SMILES string of the molecule is CCCn1c(=NC(=O)/C=C/c2cccs2)sc2ccccc21. The van der Waals surface area contributed by atoms with E-state index < -0.39 is 0 Å². The molecule has 112 valence electrons. The highest BCUT2D eigenvalue weighted by atomic mass is 32.1. The normalized spacial score (nSPS) is 12.5. The van der Waals surface area contributed by atoms with Gasteiger partial charge in [-0.2, -0.15) is 4.99 Å². The number of benzene rings is 1. The van der Waals surface area contributed by atoms with Crippen LogP contribution in [-0.2, 0) is 11.3 Å². The van der Waals surface area contributed by atoms with Crippen LogP contribution in [0.15, 0.2) is 52.8 Å². The van der Waals surface area contributed by atoms with Crippen molar-refractivity contribution in [3.8, 4) is 0 Å². The summed E-state index contributed by atoms with van der Waals surface area (Å²) in [5, 5.41) is 1.99. The van der Waals surface area contributed by atoms with Crippen LogP contribution in [0.4, 0.5) is 0 Å². The molecule has 3 aromatic rings. The number of carbonyl (C=O) groups is 1. The smallest absolute Gasteiger partial charge is 0.272 e. The molecular formula is C17H16N2OS2. The van der Waals surface area contributed by atoms with Crippen LogP contribution in [0.3, 0.4) is 0 Å². The lowest BCUT2D eigenvalue weighted by molar-refractivity contribution is -0.113. The molecule has 1 amide bonds. The summed E-state index contributed by atoms with van der Waals surface area (Å²) in [4.78, 5) is 18.2. The topological polar surface area (TPSA) is 34.4 Å². The van der Waals surface area contributed by atoms with E-state index in [2.05, 4.69) is 28.6 Å². The number of hydrogen-bond acceptors (Lipinski definition) is 3. The van der Waals surface area contributed by atoms with E-state index in [1.165, 1.54) is 6.08 Å². The number of carbonyl (C=O) groups excluding carboxylic acids is 1. The predicted octanol–water partition coefficient (Wildman–Crippen LogP) is 4.32. The number of aryl methyl sites for hydroxylation is 1. The second kappa shape index (κ2) is 6.85. The predicted molar refractivity (Wildman–Crippen MR) is 94.0 cm³/mol. The van der Waals surface area contributed by atoms with E-state index in [0.717, 1.165) is 32.9 Å². The minimum absolute atomic E-state index is 0.218. The van der Waals surface area contributed by atoms with Crippen molar-refractivity contribution < 1.29 is 4.79 Å². The number of rotatable bonds is 4. The van der Waals surface area contributed by atoms with E-state index in [0.29, 0.717) is 0 Å². The number of para-hydroxylation sites is 1. The minimum atomic E-state index is -0.218. The van der Waals surface area contributed by atoms with Crippen LogP contribution in [0.25, 0.3) is 16.3 Å². The standard InChI is InChI=1S/C17H16N2OS2/c1-2-11-19-14-7-3-4-8-15(14)22-17(19)18-16(20)10-9-13-6-5-12-21-13/h3-10,12H,2,11H2,1H3/b10-9+,18-17?. The van der Waals surface area contributed by atoms with Gasteiger partial charge in [0.05, 0.1) is 10.2 Å². The number of nitrogens with zero attached hydrogens (tertiary/aromatic N) is 2. The second-order valence-corrected chi connectivity index (χ2v) is 6.79. The summed E-state index contributed by atoms with van der Waals surface area (Å²) < 4.78 is 3.28. The molecule has 22 heavy (non-hydrogen) atoms. The minimum Gasteiger partial charge on any atom is -0.316 e. The Kier molecular flexibility index (Phi) is 4.65. The monoisotopic (exact) mass is 328 g/mol. The molecule has 0 aliphatic heterocycles. The fourth-order valence-electron chi connectivity index (χ4n) is 2.22. The molecule has 0 N–H and O–H groups in total. The number of amides is 1. The first-order valence-corrected chi connectivity index (χ1v) is 8.86. The summed E-state index contributed by atoms with van der Waals surface area (Å²) in [5.74, 6) is -0.218. The van der Waals surface area contributed by atoms with Gasteiger partial charge in [0.25, 0.3) is 5.91 Å². The first-order chi connectivity index (χ1) is 10.8. The van der Waals surface area contributed by atoms with Gasteiger partial charge in [-0.3, -0.25) is 4.79 Å². The van der Waals surface area contributed by atoms with E-state index in [9.17, 15) is 4.79 Å². The fourth-order valence-corrected chi connectivity index (χ4v) is 3.90. The molecule has 2 heterocycles. The zero-order valence-corrected chi connectivity index (χ0v) is 13.9. The molecule has 0 spiro atoms. The number of thiazole rings is 1. The van der Waals surface area contributed by atoms with E-state index in [1.807, 2.05) is 35.7 Å². The zero-order chi connectivity index (χ0) is 15.4. The molecule has 5 heteroatoms. The van der Waals surface area contributed by atoms with Gasteiger partial charge in [0.2, 0.25) is 0 Å². The molecule has 0 saturated carbocycles. The van der Waals surface area contributed by atoms with Crippen LogP contribution in [-0.4, -0.2) is 10.5 Å². The molecule has 0 bridgehead atoms. The Hall–Kier alpha value is -1.98. The Labute approximate surface area is 136 Å². The second-order valence-electron chi connectivity index (χ2n) is 4.80. The summed E-state index contributed by atoms with van der Waals surface area (Å²) in [6.45, 7) is 2.99. The van der Waals surface area contributed by atoms with Crippen LogP contribution in [0, 0.1) is 0 Å². The number of hydrogen-bond donors (Lipinski definition) is 0. The molecule has 0 aliphatic carbocycles. The highest BCUT2D eigenvalue weighted by Crippen LogP contribution is 2.17. The van der Waals surface area contributed by atoms with Crippen molar-refractivity contribution in [2.45, 2.75) is 19.9 Å². The lowest BCUT2D eigenvalue weighted by Gasteiger charge is -2.01. The van der Waals surface area contributed by atoms with E-state index >= 15 is 0 Å². The van der Waals surface area contributed by atoms with Crippen molar-refractivity contribution in [3.63, 3.8) is 0 Å². The van der Waals surface area contributed by atoms with Gasteiger partial charge >= 0.3 is 0 Å². The molecule has 0 fully saturated rings. The lowest BCUT2D eigenvalue weighted by atomic mass is 10.3. The number of aromatic nitrogens is 1. The van der Waals surface area contributed by atoms with Gasteiger partial charge in [-0.05, 0) is 36.1 Å². The van der Waals surface area contributed by atoms with E-state index in [4.69, 9.17) is 0 Å². The third-order valence-corrected chi connectivity index (χ3v) is 5.07. The molecule has 0 radical (unpaired) electrons. The maximum absolute atomic E-state index is 12.1. The first-order valence-electron chi connectivity index (χ1n) is 7.16. The molecular weight excluding hydrogens is 312 g/mol. The molecule has 1 aromatic carbocycles. The Morgan fingerprint density at radius 3 is 2.91 bits per heavy atom. The quantitative estimate of drug-likeness (QED) is 0.657. The van der Waals surface area contributed by atoms with Crippen molar-refractivity contribution in [2.75, 3.05) is 0 Å². The fraction of sp³-hybridized carbons (Fsp3) is 0.176. The Morgan fingerprint density at radius 1 is 1.27 bits per heavy atom. The van der Waals surface area contributed by atoms with Crippen molar-refractivity contribution >= 4 is 44.9 Å². The molecule has 3 rings (SSSR count). The maximum atomic E-state index is 12.1. The molecule has 0 unspecified atom stereocenters. The third-order valence-electron chi connectivity index (χ3n) is 3.17. The summed E-state index contributed by atoms with van der Waals surface area (Å²) in [6.07, 6.45) is 4.35. The largest absolute Gasteiger partial charge is 0.316 e. The number of thiophene rings is 1. The zero-order valence-electron chi connectivity index (χ0n) is 12.2. The average molecular weight is 328 g/mol. The van der Waals surface area contributed by atoms with Crippen molar-refractivity contribution in [1.29, 1.82) is 0 Å². The van der Waals surface area contributed by atoms with Crippen LogP contribution in [0.2, 0.25) is 0 Å². The van der Waals surface area contributed by atoms with Gasteiger partial charge in [-0.15, -0.1) is 11.3 Å². The number of fused-ring (bicyclic) bond motifs is 1. The molecule has 0 aliphatic rings. The van der Waals surface area contributed by atoms with Gasteiger partial charge in [-0.1, -0.05) is 36.5 Å². The molecule has 2 aromatic heterocycles. The van der Waals surface area contributed by atoms with Crippen LogP contribution >= 0.6 is 22.7 Å². The summed E-state index contributed by atoms with van der Waals surface area (Å²) in [6, 6.07) is 12.1. The molecule has 3 nitrogen and oxygen atoms in total. The van der Waals surface area contributed by atoms with Crippen molar-refractivity contribution in [1.82, 2.24) is 4.57 Å². The highest BCUT2D eigenvalue weighted by molar-refractivity contribution is 7.16. The van der Waals surface area contributed by atoms with Gasteiger partial charge in [0.1, 0.15) is 0 Å². The van der Waals surface area contributed by atoms with Crippen LogP contribution in [0.1, 0.15) is 18.2 Å². The van der Waals surface area contributed by atoms with Crippen LogP contribution < -0.4 is 4.80 Å². The Balaban J connectivity index is 1.97. The first kappa shape index (κ1) is 14.9. The summed E-state index contributed by atoms with van der Waals surface area (Å²) in [5.41, 5.74) is 1.14. The van der Waals surface area contributed by atoms with Crippen molar-refractivity contribution in [3.05, 3.63) is 57.5 Å². The van der Waals surface area contributed by atoms with Gasteiger partial charge in [0, 0.05) is 17.5 Å². The summed E-state index contributed by atoms with van der Waals surface area (Å²) >= 11 is 3.16. The van der Waals surface area contributed by atoms with Gasteiger partial charge < -0.3 is 4.57 Å². The Bertz CT molecular complexity index is 870.